The van der Waals surface area contributed by atoms with Gasteiger partial charge in [0.15, 0.2) is 17.3 Å². The molecule has 1 N–H and O–H groups in total. The Morgan fingerprint density at radius 1 is 1.04 bits per heavy atom. The molecule has 0 atom stereocenters. The molecule has 1 heterocycles. The minimum absolute atomic E-state index is 0.132. The molecule has 0 radical (unpaired) electrons. The maximum absolute atomic E-state index is 12.3. The first-order chi connectivity index (χ1) is 12.0. The van der Waals surface area contributed by atoms with Crippen LogP contribution in [0.5, 0.6) is 17.5 Å². The maximum Gasteiger partial charge on any atom is 0.321 e. The summed E-state index contributed by atoms with van der Waals surface area (Å²) in [5.74, 6) is 1.59. The molecule has 0 saturated carbocycles. The van der Waals surface area contributed by atoms with E-state index in [1.54, 1.807) is 37.2 Å². The summed E-state index contributed by atoms with van der Waals surface area (Å²) in [4.78, 5) is 26.6. The van der Waals surface area contributed by atoms with E-state index in [0.29, 0.717) is 28.8 Å². The lowest BCUT2D eigenvalue weighted by Gasteiger charge is -2.13. The molecule has 0 unspecified atom stereocenters. The number of nitrogens with zero attached hydrogens (tertiary/aromatic N) is 4. The van der Waals surface area contributed by atoms with E-state index in [1.807, 2.05) is 0 Å². The maximum atomic E-state index is 12.3. The highest BCUT2D eigenvalue weighted by molar-refractivity contribution is 5.94. The summed E-state index contributed by atoms with van der Waals surface area (Å²) >= 11 is 0. The number of ether oxygens (including phenoxy) is 3. The summed E-state index contributed by atoms with van der Waals surface area (Å²) in [6, 6.07) is 5.11. The highest BCUT2D eigenvalue weighted by Gasteiger charge is 2.13. The Labute approximate surface area is 146 Å². The van der Waals surface area contributed by atoms with Gasteiger partial charge in [-0.25, -0.2) is 0 Å². The number of carbonyl (C=O) groups excluding carboxylic acids is 1. The number of aromatic nitrogens is 3. The number of hydrogen-bond donors (Lipinski definition) is 1. The molecule has 134 valence electrons. The monoisotopic (exact) mass is 347 g/mol. The number of methoxy groups -OCH3 is 3. The van der Waals surface area contributed by atoms with Gasteiger partial charge in [-0.15, -0.1) is 0 Å². The summed E-state index contributed by atoms with van der Waals surface area (Å²) in [5.41, 5.74) is 0.437. The number of hydrogen-bond acceptors (Lipinski definition) is 8. The number of amides is 1. The van der Waals surface area contributed by atoms with Gasteiger partial charge in [-0.1, -0.05) is 0 Å². The van der Waals surface area contributed by atoms with Gasteiger partial charge in [-0.2, -0.15) is 15.0 Å². The number of benzene rings is 1. The van der Waals surface area contributed by atoms with E-state index < -0.39 is 0 Å². The van der Waals surface area contributed by atoms with Crippen LogP contribution < -0.4 is 24.4 Å². The second-order valence-electron chi connectivity index (χ2n) is 5.19. The lowest BCUT2D eigenvalue weighted by molar-refractivity contribution is 0.0949. The Balaban J connectivity index is 2.13. The Kier molecular flexibility index (Phi) is 5.93. The molecule has 1 aromatic carbocycles. The van der Waals surface area contributed by atoms with Crippen molar-refractivity contribution in [2.45, 2.75) is 6.54 Å². The van der Waals surface area contributed by atoms with Crippen LogP contribution >= 0.6 is 0 Å². The van der Waals surface area contributed by atoms with Gasteiger partial charge in [0.1, 0.15) is 0 Å². The molecule has 0 bridgehead atoms. The van der Waals surface area contributed by atoms with Gasteiger partial charge in [-0.05, 0) is 18.2 Å². The first-order valence-electron chi connectivity index (χ1n) is 7.45. The third kappa shape index (κ3) is 4.46. The molecule has 0 aliphatic rings. The van der Waals surface area contributed by atoms with E-state index in [-0.39, 0.29) is 18.5 Å². The quantitative estimate of drug-likeness (QED) is 0.788. The zero-order valence-electron chi connectivity index (χ0n) is 14.9. The number of nitrogens with one attached hydrogen (secondary N) is 1. The molecule has 25 heavy (non-hydrogen) atoms. The van der Waals surface area contributed by atoms with E-state index >= 15 is 0 Å². The third-order valence-corrected chi connectivity index (χ3v) is 3.28. The van der Waals surface area contributed by atoms with Gasteiger partial charge in [0, 0.05) is 19.7 Å². The number of rotatable bonds is 7. The van der Waals surface area contributed by atoms with Gasteiger partial charge in [-0.3, -0.25) is 4.79 Å². The summed E-state index contributed by atoms with van der Waals surface area (Å²) in [6.07, 6.45) is 0. The van der Waals surface area contributed by atoms with Crippen molar-refractivity contribution in [3.8, 4) is 17.5 Å². The van der Waals surface area contributed by atoms with Crippen LogP contribution in [0.4, 0.5) is 5.95 Å². The van der Waals surface area contributed by atoms with Crippen molar-refractivity contribution < 1.29 is 19.0 Å². The van der Waals surface area contributed by atoms with Crippen LogP contribution in [0, 0.1) is 0 Å². The van der Waals surface area contributed by atoms with Gasteiger partial charge in [0.05, 0.1) is 27.9 Å². The first-order valence-corrected chi connectivity index (χ1v) is 7.45. The summed E-state index contributed by atoms with van der Waals surface area (Å²) in [5, 5.41) is 2.76. The molecule has 1 aromatic heterocycles. The highest BCUT2D eigenvalue weighted by Crippen LogP contribution is 2.27. The summed E-state index contributed by atoms with van der Waals surface area (Å²) < 4.78 is 15.4. The fraction of sp³-hybridized carbons (Fsp3) is 0.375. The summed E-state index contributed by atoms with van der Waals surface area (Å²) in [7, 11) is 8.13. The average Bonchev–Trinajstić information content (AvgIpc) is 2.64. The highest BCUT2D eigenvalue weighted by atomic mass is 16.5. The van der Waals surface area contributed by atoms with Crippen molar-refractivity contribution in [2.24, 2.45) is 0 Å². The molecule has 0 aliphatic carbocycles. The Morgan fingerprint density at radius 2 is 1.76 bits per heavy atom. The minimum atomic E-state index is -0.285. The fourth-order valence-corrected chi connectivity index (χ4v) is 2.00. The largest absolute Gasteiger partial charge is 0.493 e. The Bertz CT molecular complexity index is 751. The van der Waals surface area contributed by atoms with Crippen LogP contribution in [0.2, 0.25) is 0 Å². The summed E-state index contributed by atoms with van der Waals surface area (Å²) in [6.45, 7) is 0.132. The van der Waals surface area contributed by atoms with Crippen LogP contribution in [-0.4, -0.2) is 56.3 Å². The van der Waals surface area contributed by atoms with Crippen LogP contribution in [0.1, 0.15) is 16.2 Å². The Hall–Kier alpha value is -3.10. The lowest BCUT2D eigenvalue weighted by atomic mass is 10.2. The second-order valence-corrected chi connectivity index (χ2v) is 5.19. The molecule has 2 rings (SSSR count). The van der Waals surface area contributed by atoms with E-state index in [1.165, 1.54) is 21.3 Å². The minimum Gasteiger partial charge on any atom is -0.493 e. The number of carbonyl (C=O) groups is 1. The molecule has 0 spiro atoms. The van der Waals surface area contributed by atoms with Crippen molar-refractivity contribution in [3.63, 3.8) is 0 Å². The van der Waals surface area contributed by atoms with Gasteiger partial charge in [0.25, 0.3) is 5.91 Å². The van der Waals surface area contributed by atoms with Gasteiger partial charge >= 0.3 is 6.01 Å². The molecule has 9 heteroatoms. The zero-order chi connectivity index (χ0) is 18.4. The first kappa shape index (κ1) is 18.2. The van der Waals surface area contributed by atoms with Crippen molar-refractivity contribution in [2.75, 3.05) is 40.3 Å². The van der Waals surface area contributed by atoms with Gasteiger partial charge in [0.2, 0.25) is 5.95 Å². The molecule has 1 amide bonds. The van der Waals surface area contributed by atoms with Gasteiger partial charge < -0.3 is 24.4 Å². The zero-order valence-corrected chi connectivity index (χ0v) is 14.9. The van der Waals surface area contributed by atoms with Crippen molar-refractivity contribution in [3.05, 3.63) is 29.6 Å². The molecule has 2 aromatic rings. The second kappa shape index (κ2) is 8.13. The molecule has 0 fully saturated rings. The van der Waals surface area contributed by atoms with Crippen molar-refractivity contribution in [1.82, 2.24) is 20.3 Å². The predicted molar refractivity (Wildman–Crippen MR) is 91.4 cm³/mol. The van der Waals surface area contributed by atoms with Crippen LogP contribution in [0.25, 0.3) is 0 Å². The fourth-order valence-electron chi connectivity index (χ4n) is 2.00. The molecular weight excluding hydrogens is 326 g/mol. The van der Waals surface area contributed by atoms with Crippen LogP contribution in [0.15, 0.2) is 18.2 Å². The van der Waals surface area contributed by atoms with Crippen LogP contribution in [0.3, 0.4) is 0 Å². The normalized spacial score (nSPS) is 10.1. The van der Waals surface area contributed by atoms with Crippen molar-refractivity contribution in [1.29, 1.82) is 0 Å². The predicted octanol–water partition coefficient (Wildman–Crippen LogP) is 0.893. The Morgan fingerprint density at radius 3 is 2.36 bits per heavy atom. The smallest absolute Gasteiger partial charge is 0.321 e. The topological polar surface area (TPSA) is 98.7 Å². The van der Waals surface area contributed by atoms with Crippen molar-refractivity contribution >= 4 is 11.9 Å². The van der Waals surface area contributed by atoms with E-state index in [2.05, 4.69) is 20.3 Å². The lowest BCUT2D eigenvalue weighted by Crippen LogP contribution is -2.25. The van der Waals surface area contributed by atoms with E-state index in [0.717, 1.165) is 0 Å². The number of anilines is 1. The van der Waals surface area contributed by atoms with E-state index in [4.69, 9.17) is 14.2 Å². The van der Waals surface area contributed by atoms with E-state index in [9.17, 15) is 4.79 Å². The SMILES string of the molecule is COc1nc(CNC(=O)c2ccc(OC)c(OC)c2)nc(N(C)C)n1. The standard InChI is InChI=1S/C16H21N5O4/c1-21(2)15-18-13(19-16(20-15)25-5)9-17-14(22)10-6-7-11(23-3)12(8-10)24-4/h6-8H,9H2,1-5H3,(H,17,22). The van der Waals surface area contributed by atoms with Crippen LogP contribution in [-0.2, 0) is 6.54 Å². The third-order valence-electron chi connectivity index (χ3n) is 3.28. The molecule has 0 aliphatic heterocycles. The molecule has 0 saturated heterocycles. The molecule has 9 nitrogen and oxygen atoms in total. The average molecular weight is 347 g/mol. The molecular formula is C16H21N5O4.